The highest BCUT2D eigenvalue weighted by molar-refractivity contribution is 6.42. The third-order valence-corrected chi connectivity index (χ3v) is 9.02. The average molecular weight is 692 g/mol. The van der Waals surface area contributed by atoms with Crippen molar-refractivity contribution < 1.29 is 42.2 Å². The molecule has 1 saturated carbocycles. The van der Waals surface area contributed by atoms with Crippen molar-refractivity contribution in [2.75, 3.05) is 33.4 Å². The van der Waals surface area contributed by atoms with Gasteiger partial charge in [-0.2, -0.15) is 13.2 Å². The molecule has 9 nitrogen and oxygen atoms in total. The molecule has 2 aliphatic rings. The summed E-state index contributed by atoms with van der Waals surface area (Å²) in [5.74, 6) is -0.725. The van der Waals surface area contributed by atoms with Crippen LogP contribution in [0.2, 0.25) is 0 Å². The number of likely N-dealkylation sites (N-methyl/N-ethyl adjacent to an activating group) is 1. The first-order valence-electron chi connectivity index (χ1n) is 16.9. The summed E-state index contributed by atoms with van der Waals surface area (Å²) in [6.45, 7) is 17.0. The molecule has 0 aromatic heterocycles. The van der Waals surface area contributed by atoms with Crippen molar-refractivity contribution in [2.24, 2.45) is 21.6 Å². The molecular formula is C37H52F3N3O6. The maximum atomic E-state index is 12.8. The summed E-state index contributed by atoms with van der Waals surface area (Å²) >= 11 is 0. The summed E-state index contributed by atoms with van der Waals surface area (Å²) in [6, 6.07) is 11.2. The molecule has 4 rings (SSSR count). The van der Waals surface area contributed by atoms with Gasteiger partial charge in [-0.3, -0.25) is 0 Å². The Morgan fingerprint density at radius 3 is 2.35 bits per heavy atom. The first-order valence-corrected chi connectivity index (χ1v) is 16.9. The molecule has 1 heterocycles. The highest BCUT2D eigenvalue weighted by Gasteiger charge is 2.46. The van der Waals surface area contributed by atoms with Gasteiger partial charge in [-0.15, -0.1) is 0 Å². The minimum atomic E-state index is -4.45. The van der Waals surface area contributed by atoms with Gasteiger partial charge in [-0.25, -0.2) is 4.79 Å². The fourth-order valence-electron chi connectivity index (χ4n) is 6.22. The van der Waals surface area contributed by atoms with E-state index in [1.54, 1.807) is 18.2 Å². The van der Waals surface area contributed by atoms with Crippen molar-refractivity contribution in [3.8, 4) is 0 Å². The number of hydrogen-bond acceptors (Lipinski definition) is 8. The molecule has 12 heteroatoms. The van der Waals surface area contributed by atoms with Gasteiger partial charge >= 0.3 is 12.1 Å². The number of carboxylic acid groups (broad SMARTS) is 1. The lowest BCUT2D eigenvalue weighted by atomic mass is 9.71. The molecule has 0 bridgehead atoms. The minimum absolute atomic E-state index is 0.109. The van der Waals surface area contributed by atoms with Crippen LogP contribution in [0, 0.1) is 11.3 Å². The zero-order chi connectivity index (χ0) is 36.2. The van der Waals surface area contributed by atoms with Crippen LogP contribution in [0.25, 0.3) is 0 Å². The van der Waals surface area contributed by atoms with E-state index in [1.807, 2.05) is 0 Å². The number of benzene rings is 2. The fourth-order valence-corrected chi connectivity index (χ4v) is 6.22. The third-order valence-electron chi connectivity index (χ3n) is 9.02. The molecule has 1 aliphatic heterocycles. The van der Waals surface area contributed by atoms with Crippen LogP contribution in [0.15, 0.2) is 58.8 Å². The van der Waals surface area contributed by atoms with E-state index >= 15 is 0 Å². The Kier molecular flexibility index (Phi) is 14.6. The average Bonchev–Trinajstić information content (AvgIpc) is 3.44. The summed E-state index contributed by atoms with van der Waals surface area (Å²) in [6.07, 6.45) is 1.65. The van der Waals surface area contributed by atoms with E-state index in [4.69, 9.17) is 14.3 Å². The van der Waals surface area contributed by atoms with Gasteiger partial charge in [0, 0.05) is 30.5 Å². The van der Waals surface area contributed by atoms with Crippen molar-refractivity contribution >= 4 is 17.4 Å². The second-order valence-corrected chi connectivity index (χ2v) is 13.6. The lowest BCUT2D eigenvalue weighted by molar-refractivity contribution is -0.197. The smallest absolute Gasteiger partial charge is 0.416 e. The molecule has 272 valence electrons. The number of rotatable bonds is 12. The number of carbonyl (C=O) groups is 1. The van der Waals surface area contributed by atoms with Crippen molar-refractivity contribution in [2.45, 2.75) is 98.3 Å². The normalized spacial score (nSPS) is 21.8. The fraction of sp³-hybridized carbons (Fsp3) is 0.595. The predicted molar refractivity (Wildman–Crippen MR) is 183 cm³/mol. The lowest BCUT2D eigenvalue weighted by Gasteiger charge is -2.41. The molecule has 2 aromatic rings. The largest absolute Gasteiger partial charge is 0.476 e. The van der Waals surface area contributed by atoms with E-state index in [2.05, 4.69) is 54.7 Å². The van der Waals surface area contributed by atoms with Crippen LogP contribution < -0.4 is 0 Å². The number of halogens is 3. The van der Waals surface area contributed by atoms with Gasteiger partial charge in [0.15, 0.2) is 11.5 Å². The third kappa shape index (κ3) is 11.8. The SMILES string of the molecule is CCCN(CC)CC1COC2(CCC(C(C)(C)C)CC2)O1.CO/N=C(/C(=O)O)c1ccccc1CO/N=C(/C)c1cccc(C(F)(F)F)c1. The van der Waals surface area contributed by atoms with Gasteiger partial charge < -0.3 is 29.2 Å². The molecule has 1 unspecified atom stereocenters. The molecule has 49 heavy (non-hydrogen) atoms. The van der Waals surface area contributed by atoms with Gasteiger partial charge in [0.25, 0.3) is 0 Å². The summed E-state index contributed by atoms with van der Waals surface area (Å²) < 4.78 is 50.9. The number of alkyl halides is 3. The molecule has 1 saturated heterocycles. The number of aliphatic carboxylic acids is 1. The first kappa shape index (κ1) is 40.0. The number of hydrogen-bond donors (Lipinski definition) is 1. The van der Waals surface area contributed by atoms with Crippen LogP contribution in [0.4, 0.5) is 13.2 Å². The summed E-state index contributed by atoms with van der Waals surface area (Å²) in [7, 11) is 1.23. The highest BCUT2D eigenvalue weighted by atomic mass is 19.4. The van der Waals surface area contributed by atoms with Crippen LogP contribution in [0.5, 0.6) is 0 Å². The summed E-state index contributed by atoms with van der Waals surface area (Å²) in [5, 5.41) is 16.6. The van der Waals surface area contributed by atoms with E-state index in [0.717, 1.165) is 57.1 Å². The van der Waals surface area contributed by atoms with Gasteiger partial charge in [-0.05, 0) is 68.3 Å². The monoisotopic (exact) mass is 691 g/mol. The molecule has 1 N–H and O–H groups in total. The van der Waals surface area contributed by atoms with E-state index in [-0.39, 0.29) is 41.0 Å². The Morgan fingerprint density at radius 1 is 1.06 bits per heavy atom. The zero-order valence-electron chi connectivity index (χ0n) is 29.8. The number of carboxylic acids is 1. The topological polar surface area (TPSA) is 102 Å². The Morgan fingerprint density at radius 2 is 1.76 bits per heavy atom. The second kappa shape index (κ2) is 18.0. The van der Waals surface area contributed by atoms with Crippen molar-refractivity contribution in [3.05, 3.63) is 70.8 Å². The van der Waals surface area contributed by atoms with Crippen LogP contribution in [-0.4, -0.2) is 72.6 Å². The van der Waals surface area contributed by atoms with E-state index in [0.29, 0.717) is 11.0 Å². The van der Waals surface area contributed by atoms with Gasteiger partial charge in [0.1, 0.15) is 13.7 Å². The molecule has 2 aromatic carbocycles. The molecule has 1 spiro atoms. The molecular weight excluding hydrogens is 639 g/mol. The van der Waals surface area contributed by atoms with Crippen LogP contribution in [0.3, 0.4) is 0 Å². The van der Waals surface area contributed by atoms with Gasteiger partial charge in [0.2, 0.25) is 0 Å². The second-order valence-electron chi connectivity index (χ2n) is 13.6. The summed E-state index contributed by atoms with van der Waals surface area (Å²) in [4.78, 5) is 23.6. The standard InChI is InChI=1S/C19H17F3N2O4.C18H35NO2/c1-12(13-7-5-8-15(10-13)19(20,21)22)23-28-11-14-6-3-4-9-16(14)17(18(25)26)24-27-2;1-6-12-19(7-2)13-16-14-20-18(21-16)10-8-15(9-11-18)17(3,4)5/h3-10H,11H2,1-2H3,(H,25,26);15-16H,6-14H2,1-5H3/b23-12-,24-17+;. The Labute approximate surface area is 288 Å². The highest BCUT2D eigenvalue weighted by Crippen LogP contribution is 2.45. The predicted octanol–water partition coefficient (Wildman–Crippen LogP) is 8.15. The maximum absolute atomic E-state index is 12.8. The van der Waals surface area contributed by atoms with E-state index in [9.17, 15) is 23.1 Å². The quantitative estimate of drug-likeness (QED) is 0.177. The lowest BCUT2D eigenvalue weighted by Crippen LogP contribution is -2.40. The van der Waals surface area contributed by atoms with E-state index < -0.39 is 17.7 Å². The van der Waals surface area contributed by atoms with Gasteiger partial charge in [0.05, 0.1) is 24.0 Å². The molecule has 0 radical (unpaired) electrons. The Balaban J connectivity index is 0.000000276. The van der Waals surface area contributed by atoms with Crippen LogP contribution >= 0.6 is 0 Å². The number of oxime groups is 2. The molecule has 0 amide bonds. The summed E-state index contributed by atoms with van der Waals surface area (Å²) in [5.41, 5.74) is 0.583. The van der Waals surface area contributed by atoms with E-state index in [1.165, 1.54) is 51.5 Å². The van der Waals surface area contributed by atoms with Crippen LogP contribution in [0.1, 0.15) is 95.9 Å². The van der Waals surface area contributed by atoms with Crippen molar-refractivity contribution in [1.82, 2.24) is 4.90 Å². The minimum Gasteiger partial charge on any atom is -0.476 e. The Bertz CT molecular complexity index is 1410. The van der Waals surface area contributed by atoms with Gasteiger partial charge in [-0.1, -0.05) is 81.3 Å². The number of nitrogens with zero attached hydrogens (tertiary/aromatic N) is 3. The van der Waals surface area contributed by atoms with Crippen LogP contribution in [-0.2, 0) is 36.7 Å². The van der Waals surface area contributed by atoms with Crippen molar-refractivity contribution in [1.29, 1.82) is 0 Å². The maximum Gasteiger partial charge on any atom is 0.416 e. The molecule has 1 atom stereocenters. The number of ether oxygens (including phenoxy) is 2. The van der Waals surface area contributed by atoms with Crippen molar-refractivity contribution in [3.63, 3.8) is 0 Å². The molecule has 2 fully saturated rings. The Hall–Kier alpha value is -3.48. The molecule has 1 aliphatic carbocycles. The first-order chi connectivity index (χ1) is 23.1. The zero-order valence-corrected chi connectivity index (χ0v) is 29.8.